The van der Waals surface area contributed by atoms with Crippen LogP contribution in [-0.4, -0.2) is 50.0 Å². The highest BCUT2D eigenvalue weighted by Gasteiger charge is 2.34. The molecule has 0 fully saturated rings. The molecule has 3 rings (SSSR count). The van der Waals surface area contributed by atoms with Crippen molar-refractivity contribution in [3.63, 3.8) is 0 Å². The Bertz CT molecular complexity index is 1460. The number of benzene rings is 3. The van der Waals surface area contributed by atoms with Gasteiger partial charge in [0.25, 0.3) is 0 Å². The molecule has 0 spiro atoms. The fourth-order valence-corrected chi connectivity index (χ4v) is 5.87. The number of carbonyl (C=O) groups is 2. The van der Waals surface area contributed by atoms with Crippen molar-refractivity contribution < 1.29 is 18.0 Å². The molecule has 0 aliphatic carbocycles. The van der Waals surface area contributed by atoms with Gasteiger partial charge in [-0.15, -0.1) is 0 Å². The van der Waals surface area contributed by atoms with Crippen LogP contribution in [0, 0.1) is 13.8 Å². The number of amides is 2. The maximum atomic E-state index is 14.2. The van der Waals surface area contributed by atoms with Crippen LogP contribution in [0.5, 0.6) is 0 Å². The Morgan fingerprint density at radius 3 is 2.12 bits per heavy atom. The average molecular weight is 619 g/mol. The standard InChI is InChI=1S/C31H37Cl2N3O4S/c1-6-22(3)34-31(38)29(18-24-13-8-7-9-14-24)35(19-25-26(32)15-11-16-27(25)33)30(37)20-36(41(5,39)40)28-17-10-12-21(2)23(28)4/h7-17,22,29H,6,18-20H2,1-5H3,(H,34,38). The minimum absolute atomic E-state index is 0.0901. The lowest BCUT2D eigenvalue weighted by Crippen LogP contribution is -2.54. The van der Waals surface area contributed by atoms with Gasteiger partial charge in [-0.3, -0.25) is 13.9 Å². The van der Waals surface area contributed by atoms with Gasteiger partial charge in [0, 0.05) is 34.6 Å². The van der Waals surface area contributed by atoms with Gasteiger partial charge in [0.1, 0.15) is 12.6 Å². The first kappa shape index (κ1) is 32.4. The van der Waals surface area contributed by atoms with Crippen LogP contribution in [0.15, 0.2) is 66.7 Å². The van der Waals surface area contributed by atoms with Crippen molar-refractivity contribution in [1.29, 1.82) is 0 Å². The molecule has 1 N–H and O–H groups in total. The first-order valence-corrected chi connectivity index (χ1v) is 16.0. The van der Waals surface area contributed by atoms with Crippen molar-refractivity contribution >= 4 is 50.7 Å². The van der Waals surface area contributed by atoms with Crippen LogP contribution in [-0.2, 0) is 32.6 Å². The number of sulfonamides is 1. The topological polar surface area (TPSA) is 86.8 Å². The molecule has 0 aliphatic heterocycles. The predicted octanol–water partition coefficient (Wildman–Crippen LogP) is 5.93. The number of hydrogen-bond acceptors (Lipinski definition) is 4. The van der Waals surface area contributed by atoms with Gasteiger partial charge in [-0.25, -0.2) is 8.42 Å². The lowest BCUT2D eigenvalue weighted by molar-refractivity contribution is -0.140. The minimum Gasteiger partial charge on any atom is -0.352 e. The molecule has 3 aromatic rings. The number of hydrogen-bond donors (Lipinski definition) is 1. The van der Waals surface area contributed by atoms with Crippen LogP contribution in [0.3, 0.4) is 0 Å². The number of nitrogens with zero attached hydrogens (tertiary/aromatic N) is 2. The largest absolute Gasteiger partial charge is 0.352 e. The molecule has 0 aromatic heterocycles. The van der Waals surface area contributed by atoms with E-state index < -0.39 is 28.5 Å². The minimum atomic E-state index is -3.87. The smallest absolute Gasteiger partial charge is 0.244 e. The quantitative estimate of drug-likeness (QED) is 0.273. The summed E-state index contributed by atoms with van der Waals surface area (Å²) in [5.41, 5.74) is 3.34. The van der Waals surface area contributed by atoms with E-state index in [9.17, 15) is 18.0 Å². The molecule has 41 heavy (non-hydrogen) atoms. The fourth-order valence-electron chi connectivity index (χ4n) is 4.45. The summed E-state index contributed by atoms with van der Waals surface area (Å²) in [5.74, 6) is -0.912. The predicted molar refractivity (Wildman–Crippen MR) is 167 cm³/mol. The Morgan fingerprint density at radius 2 is 1.54 bits per heavy atom. The van der Waals surface area contributed by atoms with Crippen molar-refractivity contribution in [2.75, 3.05) is 17.1 Å². The number of aryl methyl sites for hydroxylation is 1. The highest BCUT2D eigenvalue weighted by atomic mass is 35.5. The second-order valence-electron chi connectivity index (χ2n) is 10.2. The Morgan fingerprint density at radius 1 is 0.927 bits per heavy atom. The molecule has 0 radical (unpaired) electrons. The first-order chi connectivity index (χ1) is 19.3. The van der Waals surface area contributed by atoms with Crippen LogP contribution >= 0.6 is 23.2 Å². The maximum absolute atomic E-state index is 14.2. The van der Waals surface area contributed by atoms with E-state index >= 15 is 0 Å². The van der Waals surface area contributed by atoms with E-state index in [1.54, 1.807) is 30.3 Å². The molecule has 2 amide bonds. The van der Waals surface area contributed by atoms with E-state index in [0.29, 0.717) is 27.7 Å². The van der Waals surface area contributed by atoms with Crippen molar-refractivity contribution in [2.24, 2.45) is 0 Å². The Hall–Kier alpha value is -3.07. The zero-order chi connectivity index (χ0) is 30.3. The third-order valence-corrected chi connectivity index (χ3v) is 9.02. The molecular formula is C31H37Cl2N3O4S. The van der Waals surface area contributed by atoms with E-state index in [0.717, 1.165) is 27.3 Å². The SMILES string of the molecule is CCC(C)NC(=O)C(Cc1ccccc1)N(Cc1c(Cl)cccc1Cl)C(=O)CN(c1cccc(C)c1C)S(C)(=O)=O. The second-order valence-corrected chi connectivity index (χ2v) is 13.0. The van der Waals surface area contributed by atoms with Gasteiger partial charge in [0.15, 0.2) is 0 Å². The number of carbonyl (C=O) groups excluding carboxylic acids is 2. The van der Waals surface area contributed by atoms with Gasteiger partial charge in [0.05, 0.1) is 11.9 Å². The van der Waals surface area contributed by atoms with Gasteiger partial charge in [-0.05, 0) is 62.1 Å². The summed E-state index contributed by atoms with van der Waals surface area (Å²) in [6.07, 6.45) is 1.97. The van der Waals surface area contributed by atoms with Crippen molar-refractivity contribution in [2.45, 2.75) is 59.2 Å². The molecule has 0 heterocycles. The summed E-state index contributed by atoms with van der Waals surface area (Å²) in [7, 11) is -3.87. The molecule has 0 aliphatic rings. The third-order valence-electron chi connectivity index (χ3n) is 7.19. The van der Waals surface area contributed by atoms with Crippen LogP contribution in [0.4, 0.5) is 5.69 Å². The molecule has 220 valence electrons. The average Bonchev–Trinajstić information content (AvgIpc) is 2.92. The van der Waals surface area contributed by atoms with E-state index in [-0.39, 0.29) is 24.9 Å². The Labute approximate surface area is 253 Å². The van der Waals surface area contributed by atoms with Crippen LogP contribution in [0.25, 0.3) is 0 Å². The zero-order valence-corrected chi connectivity index (χ0v) is 26.4. The van der Waals surface area contributed by atoms with Gasteiger partial charge >= 0.3 is 0 Å². The van der Waals surface area contributed by atoms with Gasteiger partial charge in [0.2, 0.25) is 21.8 Å². The maximum Gasteiger partial charge on any atom is 0.244 e. The van der Waals surface area contributed by atoms with Crippen molar-refractivity contribution in [3.05, 3.63) is 99.0 Å². The molecule has 2 atom stereocenters. The zero-order valence-electron chi connectivity index (χ0n) is 24.0. The second kappa shape index (κ2) is 14.2. The Balaban J connectivity index is 2.13. The summed E-state index contributed by atoms with van der Waals surface area (Å²) < 4.78 is 27.2. The molecule has 7 nitrogen and oxygen atoms in total. The van der Waals surface area contributed by atoms with Crippen molar-refractivity contribution in [3.8, 4) is 0 Å². The molecule has 10 heteroatoms. The molecule has 0 saturated carbocycles. The Kier molecular flexibility index (Phi) is 11.2. The number of nitrogens with one attached hydrogen (secondary N) is 1. The lowest BCUT2D eigenvalue weighted by atomic mass is 10.0. The fraction of sp³-hybridized carbons (Fsp3) is 0.355. The molecule has 0 saturated heterocycles. The van der Waals surface area contributed by atoms with Gasteiger partial charge in [-0.2, -0.15) is 0 Å². The monoisotopic (exact) mass is 617 g/mol. The highest BCUT2D eigenvalue weighted by molar-refractivity contribution is 7.92. The van der Waals surface area contributed by atoms with Gasteiger partial charge < -0.3 is 10.2 Å². The highest BCUT2D eigenvalue weighted by Crippen LogP contribution is 2.29. The molecule has 2 unspecified atom stereocenters. The number of rotatable bonds is 12. The van der Waals surface area contributed by atoms with Crippen LogP contribution in [0.2, 0.25) is 10.0 Å². The molecule has 3 aromatic carbocycles. The van der Waals surface area contributed by atoms with E-state index in [1.165, 1.54) is 4.90 Å². The summed E-state index contributed by atoms with van der Waals surface area (Å²) >= 11 is 13.0. The van der Waals surface area contributed by atoms with E-state index in [4.69, 9.17) is 23.2 Å². The summed E-state index contributed by atoms with van der Waals surface area (Å²) in [4.78, 5) is 29.4. The summed E-state index contributed by atoms with van der Waals surface area (Å²) in [6, 6.07) is 18.6. The van der Waals surface area contributed by atoms with Crippen LogP contribution in [0.1, 0.15) is 42.5 Å². The number of anilines is 1. The summed E-state index contributed by atoms with van der Waals surface area (Å²) in [5, 5.41) is 3.68. The van der Waals surface area contributed by atoms with Gasteiger partial charge in [-0.1, -0.05) is 78.7 Å². The molecule has 0 bridgehead atoms. The first-order valence-electron chi connectivity index (χ1n) is 13.4. The number of halogens is 2. The van der Waals surface area contributed by atoms with Crippen molar-refractivity contribution in [1.82, 2.24) is 10.2 Å². The third kappa shape index (κ3) is 8.47. The van der Waals surface area contributed by atoms with Crippen LogP contribution < -0.4 is 9.62 Å². The van der Waals surface area contributed by atoms with E-state index in [1.807, 2.05) is 64.1 Å². The van der Waals surface area contributed by atoms with E-state index in [2.05, 4.69) is 5.32 Å². The lowest BCUT2D eigenvalue weighted by Gasteiger charge is -2.34. The summed E-state index contributed by atoms with van der Waals surface area (Å²) in [6.45, 7) is 6.94. The normalized spacial score (nSPS) is 12.9. The molecular weight excluding hydrogens is 581 g/mol.